The van der Waals surface area contributed by atoms with E-state index in [1.54, 1.807) is 12.4 Å². The predicted octanol–water partition coefficient (Wildman–Crippen LogP) is 1.05. The minimum atomic E-state index is -0.0551. The maximum absolute atomic E-state index is 13.2. The van der Waals surface area contributed by atoms with Crippen LogP contribution >= 0.6 is 0 Å². The molecular formula is C21H27N5O3. The number of rotatable bonds is 3. The van der Waals surface area contributed by atoms with E-state index in [0.29, 0.717) is 37.9 Å². The van der Waals surface area contributed by atoms with Gasteiger partial charge in [0, 0.05) is 75.4 Å². The van der Waals surface area contributed by atoms with E-state index in [9.17, 15) is 9.59 Å². The molecule has 0 radical (unpaired) electrons. The van der Waals surface area contributed by atoms with Crippen molar-refractivity contribution < 1.29 is 9.53 Å². The van der Waals surface area contributed by atoms with Gasteiger partial charge in [0.2, 0.25) is 0 Å². The molecule has 1 N–H and O–H groups in total. The molecule has 154 valence electrons. The van der Waals surface area contributed by atoms with Crippen LogP contribution in [0.2, 0.25) is 0 Å². The van der Waals surface area contributed by atoms with Gasteiger partial charge < -0.3 is 19.2 Å². The first-order valence-corrected chi connectivity index (χ1v) is 10.5. The molecule has 5 rings (SSSR count). The fourth-order valence-electron chi connectivity index (χ4n) is 5.01. The third-order valence-electron chi connectivity index (χ3n) is 6.38. The number of hydrogen-bond donors (Lipinski definition) is 1. The number of pyridine rings is 1. The number of carbonyl (C=O) groups is 1. The Kier molecular flexibility index (Phi) is 4.97. The Hall–Kier alpha value is -2.45. The zero-order valence-electron chi connectivity index (χ0n) is 16.5. The number of H-pyrrole nitrogens is 1. The Labute approximate surface area is 169 Å². The number of ether oxygens (including phenoxy) is 1. The normalized spacial score (nSPS) is 24.8. The molecule has 29 heavy (non-hydrogen) atoms. The molecule has 1 amide bonds. The highest BCUT2D eigenvalue weighted by Crippen LogP contribution is 2.35. The first-order valence-electron chi connectivity index (χ1n) is 10.5. The van der Waals surface area contributed by atoms with Gasteiger partial charge in [0.25, 0.3) is 11.5 Å². The number of aromatic nitrogens is 3. The molecule has 8 heteroatoms. The molecule has 0 saturated carbocycles. The summed E-state index contributed by atoms with van der Waals surface area (Å²) in [6.45, 7) is 6.05. The lowest BCUT2D eigenvalue weighted by molar-refractivity contribution is 0.0583. The quantitative estimate of drug-likeness (QED) is 0.837. The van der Waals surface area contributed by atoms with Crippen LogP contribution in [0.4, 0.5) is 0 Å². The number of imidazole rings is 1. The first-order chi connectivity index (χ1) is 14.2. The van der Waals surface area contributed by atoms with Gasteiger partial charge in [0.05, 0.1) is 6.61 Å². The number of likely N-dealkylation sites (tertiary alicyclic amines) is 1. The molecule has 2 fully saturated rings. The van der Waals surface area contributed by atoms with Crippen molar-refractivity contribution in [2.75, 3.05) is 39.4 Å². The molecule has 8 nitrogen and oxygen atoms in total. The molecule has 0 aromatic carbocycles. The lowest BCUT2D eigenvalue weighted by Crippen LogP contribution is -2.49. The maximum atomic E-state index is 13.2. The van der Waals surface area contributed by atoms with Gasteiger partial charge >= 0.3 is 0 Å². The second-order valence-corrected chi connectivity index (χ2v) is 8.39. The molecule has 2 aromatic heterocycles. The third-order valence-corrected chi connectivity index (χ3v) is 6.38. The number of nitrogens with zero attached hydrogens (tertiary/aromatic N) is 4. The molecule has 2 saturated heterocycles. The van der Waals surface area contributed by atoms with Gasteiger partial charge in [-0.25, -0.2) is 4.98 Å². The number of aromatic amines is 1. The van der Waals surface area contributed by atoms with Gasteiger partial charge in [-0.3, -0.25) is 14.5 Å². The molecule has 5 heterocycles. The van der Waals surface area contributed by atoms with E-state index in [1.165, 1.54) is 0 Å². The van der Waals surface area contributed by atoms with E-state index in [4.69, 9.17) is 4.74 Å². The molecule has 0 unspecified atom stereocenters. The summed E-state index contributed by atoms with van der Waals surface area (Å²) in [6, 6.07) is 4.10. The van der Waals surface area contributed by atoms with E-state index in [0.717, 1.165) is 50.4 Å². The third kappa shape index (κ3) is 3.62. The highest BCUT2D eigenvalue weighted by molar-refractivity contribution is 5.90. The molecule has 2 bridgehead atoms. The minimum absolute atomic E-state index is 0.0551. The Bertz CT molecular complexity index is 930. The zero-order chi connectivity index (χ0) is 19.8. The van der Waals surface area contributed by atoms with Crippen LogP contribution in [-0.2, 0) is 17.8 Å². The highest BCUT2D eigenvalue weighted by Gasteiger charge is 2.37. The predicted molar refractivity (Wildman–Crippen MR) is 107 cm³/mol. The van der Waals surface area contributed by atoms with E-state index in [-0.39, 0.29) is 17.4 Å². The molecule has 3 aliphatic heterocycles. The standard InChI is InChI=1S/C21H27N5O3/c27-20-16(13-24-6-1-8-29-9-7-24)2-3-18-17-10-15(12-26(18)20)11-25(14-17)21(28)19-22-4-5-23-19/h2-5,15,17H,1,6-14H2,(H,22,23)/t15-,17+/m0/s1. The van der Waals surface area contributed by atoms with Crippen LogP contribution in [-0.4, -0.2) is 69.6 Å². The van der Waals surface area contributed by atoms with Crippen LogP contribution < -0.4 is 5.56 Å². The Balaban J connectivity index is 1.36. The van der Waals surface area contributed by atoms with Gasteiger partial charge in [0.1, 0.15) is 0 Å². The van der Waals surface area contributed by atoms with Crippen LogP contribution in [0.25, 0.3) is 0 Å². The highest BCUT2D eigenvalue weighted by atomic mass is 16.5. The largest absolute Gasteiger partial charge is 0.380 e. The molecule has 0 spiro atoms. The molecule has 3 aliphatic rings. The van der Waals surface area contributed by atoms with Crippen molar-refractivity contribution in [2.24, 2.45) is 5.92 Å². The monoisotopic (exact) mass is 397 g/mol. The van der Waals surface area contributed by atoms with E-state index < -0.39 is 0 Å². The zero-order valence-corrected chi connectivity index (χ0v) is 16.5. The molecular weight excluding hydrogens is 370 g/mol. The lowest BCUT2D eigenvalue weighted by atomic mass is 9.83. The second-order valence-electron chi connectivity index (χ2n) is 8.39. The summed E-state index contributed by atoms with van der Waals surface area (Å²) < 4.78 is 7.50. The number of hydrogen-bond acceptors (Lipinski definition) is 5. The summed E-state index contributed by atoms with van der Waals surface area (Å²) in [5.41, 5.74) is 2.05. The van der Waals surface area contributed by atoms with Gasteiger partial charge in [0.15, 0.2) is 5.82 Å². The number of fused-ring (bicyclic) bond motifs is 4. The smallest absolute Gasteiger partial charge is 0.289 e. The van der Waals surface area contributed by atoms with E-state index in [2.05, 4.69) is 20.9 Å². The van der Waals surface area contributed by atoms with Crippen molar-refractivity contribution in [1.29, 1.82) is 0 Å². The van der Waals surface area contributed by atoms with Gasteiger partial charge in [-0.1, -0.05) is 6.07 Å². The van der Waals surface area contributed by atoms with Crippen molar-refractivity contribution >= 4 is 5.91 Å². The van der Waals surface area contributed by atoms with E-state index in [1.807, 2.05) is 15.5 Å². The summed E-state index contributed by atoms with van der Waals surface area (Å²) in [6.07, 6.45) is 5.32. The van der Waals surface area contributed by atoms with Crippen LogP contribution in [0.1, 0.15) is 40.6 Å². The second kappa shape index (κ2) is 7.76. The summed E-state index contributed by atoms with van der Waals surface area (Å²) >= 11 is 0. The van der Waals surface area contributed by atoms with Crippen molar-refractivity contribution in [1.82, 2.24) is 24.3 Å². The number of carbonyl (C=O) groups excluding carboxylic acids is 1. The lowest BCUT2D eigenvalue weighted by Gasteiger charge is -2.42. The number of piperidine rings is 1. The Morgan fingerprint density at radius 1 is 1.21 bits per heavy atom. The van der Waals surface area contributed by atoms with Crippen molar-refractivity contribution in [3.05, 3.63) is 52.0 Å². The number of amides is 1. The maximum Gasteiger partial charge on any atom is 0.289 e. The van der Waals surface area contributed by atoms with Gasteiger partial charge in [-0.2, -0.15) is 0 Å². The average Bonchev–Trinajstić information content (AvgIpc) is 3.15. The van der Waals surface area contributed by atoms with Crippen molar-refractivity contribution in [2.45, 2.75) is 31.8 Å². The van der Waals surface area contributed by atoms with Crippen LogP contribution in [0.5, 0.6) is 0 Å². The van der Waals surface area contributed by atoms with Crippen LogP contribution in [0, 0.1) is 5.92 Å². The van der Waals surface area contributed by atoms with Crippen LogP contribution in [0.3, 0.4) is 0 Å². The summed E-state index contributed by atoms with van der Waals surface area (Å²) in [7, 11) is 0. The van der Waals surface area contributed by atoms with Crippen molar-refractivity contribution in [3.63, 3.8) is 0 Å². The van der Waals surface area contributed by atoms with Crippen LogP contribution in [0.15, 0.2) is 29.3 Å². The fraction of sp³-hybridized carbons (Fsp3) is 0.571. The Morgan fingerprint density at radius 3 is 3.00 bits per heavy atom. The van der Waals surface area contributed by atoms with Gasteiger partial charge in [-0.05, 0) is 24.8 Å². The molecule has 2 aromatic rings. The summed E-state index contributed by atoms with van der Waals surface area (Å²) in [5, 5.41) is 0. The van der Waals surface area contributed by atoms with Gasteiger partial charge in [-0.15, -0.1) is 0 Å². The first kappa shape index (κ1) is 18.6. The van der Waals surface area contributed by atoms with Crippen molar-refractivity contribution in [3.8, 4) is 0 Å². The number of nitrogens with one attached hydrogen (secondary N) is 1. The summed E-state index contributed by atoms with van der Waals surface area (Å²) in [4.78, 5) is 37.1. The SMILES string of the molecule is O=C(c1ncc[nH]1)N1C[C@@H]2C[C@H](C1)c1ccc(CN3CCCOCC3)c(=O)n1C2. The molecule has 0 aliphatic carbocycles. The average molecular weight is 397 g/mol. The summed E-state index contributed by atoms with van der Waals surface area (Å²) in [5.74, 6) is 0.842. The van der Waals surface area contributed by atoms with E-state index >= 15 is 0 Å². The minimum Gasteiger partial charge on any atom is -0.380 e. The Morgan fingerprint density at radius 2 is 2.14 bits per heavy atom. The topological polar surface area (TPSA) is 83.5 Å². The fourth-order valence-corrected chi connectivity index (χ4v) is 5.01. The molecule has 2 atom stereocenters.